The summed E-state index contributed by atoms with van der Waals surface area (Å²) >= 11 is 1.41. The van der Waals surface area contributed by atoms with Crippen LogP contribution in [0.4, 0.5) is 0 Å². The van der Waals surface area contributed by atoms with E-state index in [4.69, 9.17) is 5.73 Å². The number of nitrogens with two attached hydrogens (primary N) is 1. The Morgan fingerprint density at radius 2 is 2.10 bits per heavy atom. The van der Waals surface area contributed by atoms with Crippen LogP contribution in [0, 0.1) is 0 Å². The molecule has 1 unspecified atom stereocenters. The third kappa shape index (κ3) is 3.53. The molecule has 0 bridgehead atoms. The molecule has 0 aliphatic carbocycles. The molecule has 2 heterocycles. The summed E-state index contributed by atoms with van der Waals surface area (Å²) in [6.45, 7) is 2.34. The molecule has 2 rings (SSSR count). The summed E-state index contributed by atoms with van der Waals surface area (Å²) < 4.78 is 0. The SMILES string of the molecule is CC(c1ccncc1)N(C)C(=O)c1csc(CN)n1.Cl. The lowest BCUT2D eigenvalue weighted by molar-refractivity contribution is 0.0737. The van der Waals surface area contributed by atoms with E-state index in [0.29, 0.717) is 12.2 Å². The minimum Gasteiger partial charge on any atom is -0.334 e. The second-order valence-corrected chi connectivity index (χ2v) is 5.15. The van der Waals surface area contributed by atoms with E-state index >= 15 is 0 Å². The number of halogens is 1. The van der Waals surface area contributed by atoms with Gasteiger partial charge in [0.1, 0.15) is 10.7 Å². The minimum atomic E-state index is -0.0970. The Labute approximate surface area is 128 Å². The summed E-state index contributed by atoms with van der Waals surface area (Å²) in [5.41, 5.74) is 7.00. The largest absolute Gasteiger partial charge is 0.334 e. The average Bonchev–Trinajstić information content (AvgIpc) is 2.94. The van der Waals surface area contributed by atoms with Gasteiger partial charge in [0.05, 0.1) is 6.04 Å². The molecule has 7 heteroatoms. The lowest BCUT2D eigenvalue weighted by atomic mass is 10.1. The van der Waals surface area contributed by atoms with Gasteiger partial charge in [0.25, 0.3) is 5.91 Å². The summed E-state index contributed by atoms with van der Waals surface area (Å²) in [4.78, 5) is 22.2. The van der Waals surface area contributed by atoms with Crippen molar-refractivity contribution >= 4 is 29.7 Å². The van der Waals surface area contributed by atoms with E-state index in [1.165, 1.54) is 11.3 Å². The van der Waals surface area contributed by atoms with E-state index in [0.717, 1.165) is 10.6 Å². The molecule has 1 amide bonds. The van der Waals surface area contributed by atoms with Crippen LogP contribution in [0.15, 0.2) is 29.9 Å². The molecule has 1 atom stereocenters. The second kappa shape index (κ2) is 7.33. The van der Waals surface area contributed by atoms with Crippen molar-refractivity contribution in [2.45, 2.75) is 19.5 Å². The molecule has 0 aromatic carbocycles. The third-order valence-corrected chi connectivity index (χ3v) is 3.91. The highest BCUT2D eigenvalue weighted by Crippen LogP contribution is 2.20. The number of thiazole rings is 1. The van der Waals surface area contributed by atoms with Gasteiger partial charge in [-0.3, -0.25) is 9.78 Å². The number of hydrogen-bond acceptors (Lipinski definition) is 5. The van der Waals surface area contributed by atoms with Crippen molar-refractivity contribution in [1.29, 1.82) is 0 Å². The Bertz CT molecular complexity index is 561. The normalized spacial score (nSPS) is 11.6. The summed E-state index contributed by atoms with van der Waals surface area (Å²) in [6.07, 6.45) is 3.44. The molecule has 2 aromatic rings. The van der Waals surface area contributed by atoms with Crippen LogP contribution in [-0.4, -0.2) is 27.8 Å². The fraction of sp³-hybridized carbons (Fsp3) is 0.308. The van der Waals surface area contributed by atoms with Crippen LogP contribution in [0.1, 0.15) is 34.0 Å². The highest BCUT2D eigenvalue weighted by atomic mass is 35.5. The quantitative estimate of drug-likeness (QED) is 0.940. The lowest BCUT2D eigenvalue weighted by Gasteiger charge is -2.24. The van der Waals surface area contributed by atoms with E-state index < -0.39 is 0 Å². The van der Waals surface area contributed by atoms with E-state index in [-0.39, 0.29) is 24.4 Å². The molecule has 0 aliphatic rings. The number of nitrogens with zero attached hydrogens (tertiary/aromatic N) is 3. The third-order valence-electron chi connectivity index (χ3n) is 3.04. The lowest BCUT2D eigenvalue weighted by Crippen LogP contribution is -2.30. The number of carbonyl (C=O) groups is 1. The maximum absolute atomic E-state index is 12.3. The first-order valence-electron chi connectivity index (χ1n) is 5.95. The van der Waals surface area contributed by atoms with Crippen molar-refractivity contribution in [3.63, 3.8) is 0 Å². The van der Waals surface area contributed by atoms with E-state index in [2.05, 4.69) is 9.97 Å². The van der Waals surface area contributed by atoms with Gasteiger partial charge in [-0.15, -0.1) is 23.7 Å². The molecule has 0 aliphatic heterocycles. The topological polar surface area (TPSA) is 72.1 Å². The van der Waals surface area contributed by atoms with Crippen LogP contribution in [0.2, 0.25) is 0 Å². The molecule has 0 fully saturated rings. The smallest absolute Gasteiger partial charge is 0.273 e. The monoisotopic (exact) mass is 312 g/mol. The van der Waals surface area contributed by atoms with Crippen molar-refractivity contribution in [3.05, 3.63) is 46.2 Å². The number of aromatic nitrogens is 2. The second-order valence-electron chi connectivity index (χ2n) is 4.20. The van der Waals surface area contributed by atoms with E-state index in [1.54, 1.807) is 29.7 Å². The van der Waals surface area contributed by atoms with Gasteiger partial charge >= 0.3 is 0 Å². The number of pyridine rings is 1. The van der Waals surface area contributed by atoms with Crippen molar-refractivity contribution in [1.82, 2.24) is 14.9 Å². The van der Waals surface area contributed by atoms with Gasteiger partial charge in [-0.2, -0.15) is 0 Å². The molecule has 0 saturated heterocycles. The first-order chi connectivity index (χ1) is 9.13. The highest BCUT2D eigenvalue weighted by molar-refractivity contribution is 7.09. The first-order valence-corrected chi connectivity index (χ1v) is 6.83. The van der Waals surface area contributed by atoms with Crippen molar-refractivity contribution < 1.29 is 4.79 Å². The molecule has 5 nitrogen and oxygen atoms in total. The van der Waals surface area contributed by atoms with Gasteiger partial charge < -0.3 is 10.6 Å². The Hall–Kier alpha value is -1.50. The fourth-order valence-corrected chi connectivity index (χ4v) is 2.37. The van der Waals surface area contributed by atoms with Crippen LogP contribution in [0.25, 0.3) is 0 Å². The van der Waals surface area contributed by atoms with Crippen LogP contribution in [-0.2, 0) is 6.54 Å². The zero-order valence-corrected chi connectivity index (χ0v) is 12.9. The van der Waals surface area contributed by atoms with Gasteiger partial charge in [-0.05, 0) is 24.6 Å². The summed E-state index contributed by atoms with van der Waals surface area (Å²) in [5, 5.41) is 2.52. The highest BCUT2D eigenvalue weighted by Gasteiger charge is 2.20. The summed E-state index contributed by atoms with van der Waals surface area (Å²) in [5.74, 6) is -0.0970. The Morgan fingerprint density at radius 3 is 2.65 bits per heavy atom. The summed E-state index contributed by atoms with van der Waals surface area (Å²) in [7, 11) is 1.77. The Balaban J connectivity index is 0.00000200. The van der Waals surface area contributed by atoms with Gasteiger partial charge in [-0.1, -0.05) is 0 Å². The molecular formula is C13H17ClN4OS. The van der Waals surface area contributed by atoms with Crippen LogP contribution in [0.3, 0.4) is 0 Å². The predicted octanol–water partition coefficient (Wildman–Crippen LogP) is 2.25. The molecule has 0 radical (unpaired) electrons. The van der Waals surface area contributed by atoms with Gasteiger partial charge in [0.2, 0.25) is 0 Å². The fourth-order valence-electron chi connectivity index (χ4n) is 1.73. The van der Waals surface area contributed by atoms with Crippen molar-refractivity contribution in [2.24, 2.45) is 5.73 Å². The predicted molar refractivity (Wildman–Crippen MR) is 82.0 cm³/mol. The molecule has 108 valence electrons. The zero-order valence-electron chi connectivity index (χ0n) is 11.3. The molecule has 0 spiro atoms. The minimum absolute atomic E-state index is 0. The van der Waals surface area contributed by atoms with Crippen LogP contribution >= 0.6 is 23.7 Å². The average molecular weight is 313 g/mol. The summed E-state index contributed by atoms with van der Waals surface area (Å²) in [6, 6.07) is 3.78. The van der Waals surface area contributed by atoms with Crippen molar-refractivity contribution in [2.75, 3.05) is 7.05 Å². The molecule has 20 heavy (non-hydrogen) atoms. The van der Waals surface area contributed by atoms with Crippen LogP contribution < -0.4 is 5.73 Å². The maximum atomic E-state index is 12.3. The van der Waals surface area contributed by atoms with E-state index in [9.17, 15) is 4.79 Å². The number of amides is 1. The maximum Gasteiger partial charge on any atom is 0.273 e. The van der Waals surface area contributed by atoms with Crippen molar-refractivity contribution in [3.8, 4) is 0 Å². The van der Waals surface area contributed by atoms with Gasteiger partial charge in [0.15, 0.2) is 0 Å². The zero-order chi connectivity index (χ0) is 13.8. The molecular weight excluding hydrogens is 296 g/mol. The van der Waals surface area contributed by atoms with E-state index in [1.807, 2.05) is 19.1 Å². The molecule has 2 N–H and O–H groups in total. The Kier molecular flexibility index (Phi) is 6.06. The Morgan fingerprint density at radius 1 is 1.45 bits per heavy atom. The number of rotatable bonds is 4. The standard InChI is InChI=1S/C13H16N4OS.ClH/c1-9(10-3-5-15-6-4-10)17(2)13(18)11-8-19-12(7-14)16-11;/h3-6,8-9H,7,14H2,1-2H3;1H. The molecule has 0 saturated carbocycles. The molecule has 2 aromatic heterocycles. The first kappa shape index (κ1) is 16.6. The van der Waals surface area contributed by atoms with Crippen LogP contribution in [0.5, 0.6) is 0 Å². The number of carbonyl (C=O) groups excluding carboxylic acids is 1. The van der Waals surface area contributed by atoms with Gasteiger partial charge in [0, 0.05) is 31.4 Å². The van der Waals surface area contributed by atoms with Gasteiger partial charge in [-0.25, -0.2) is 4.98 Å². The number of hydrogen-bond donors (Lipinski definition) is 1.